The van der Waals surface area contributed by atoms with Gasteiger partial charge in [-0.25, -0.2) is 0 Å². The molecule has 24 heavy (non-hydrogen) atoms. The number of esters is 1. The fraction of sp³-hybridized carbons (Fsp3) is 0.500. The van der Waals surface area contributed by atoms with Gasteiger partial charge in [-0.2, -0.15) is 5.26 Å². The van der Waals surface area contributed by atoms with Gasteiger partial charge in [-0.05, 0) is 37.5 Å². The van der Waals surface area contributed by atoms with Crippen LogP contribution in [-0.2, 0) is 20.7 Å². The second-order valence-corrected chi connectivity index (χ2v) is 5.67. The van der Waals surface area contributed by atoms with Gasteiger partial charge in [-0.3, -0.25) is 9.59 Å². The van der Waals surface area contributed by atoms with E-state index in [4.69, 9.17) is 14.7 Å². The molecule has 0 bridgehead atoms. The summed E-state index contributed by atoms with van der Waals surface area (Å²) in [4.78, 5) is 25.6. The zero-order valence-corrected chi connectivity index (χ0v) is 13.9. The number of nitrogens with zero attached hydrogens (tertiary/aromatic N) is 2. The van der Waals surface area contributed by atoms with Crippen molar-refractivity contribution in [2.24, 2.45) is 5.92 Å². The third-order valence-corrected chi connectivity index (χ3v) is 4.04. The quantitative estimate of drug-likeness (QED) is 0.745. The van der Waals surface area contributed by atoms with Gasteiger partial charge in [0.15, 0.2) is 6.61 Å². The molecule has 1 heterocycles. The Bertz CT molecular complexity index is 598. The second-order valence-electron chi connectivity index (χ2n) is 5.67. The molecule has 1 amide bonds. The van der Waals surface area contributed by atoms with E-state index < -0.39 is 0 Å². The Labute approximate surface area is 142 Å². The van der Waals surface area contributed by atoms with Gasteiger partial charge in [0.2, 0.25) is 0 Å². The number of hydrogen-bond donors (Lipinski definition) is 0. The Morgan fingerprint density at radius 2 is 1.92 bits per heavy atom. The highest BCUT2D eigenvalue weighted by molar-refractivity contribution is 5.78. The molecule has 1 aliphatic rings. The van der Waals surface area contributed by atoms with E-state index in [0.717, 1.165) is 5.56 Å². The third kappa shape index (κ3) is 4.98. The van der Waals surface area contributed by atoms with E-state index in [1.165, 1.54) is 0 Å². The van der Waals surface area contributed by atoms with Crippen molar-refractivity contribution in [3.63, 3.8) is 0 Å². The Hall–Kier alpha value is -2.55. The zero-order chi connectivity index (χ0) is 17.4. The number of piperidine rings is 1. The molecule has 1 aromatic carbocycles. The van der Waals surface area contributed by atoms with Gasteiger partial charge in [0.25, 0.3) is 5.91 Å². The molecule has 1 aliphatic heterocycles. The van der Waals surface area contributed by atoms with Crippen LogP contribution in [0.5, 0.6) is 5.75 Å². The number of nitriles is 1. The summed E-state index contributed by atoms with van der Waals surface area (Å²) < 4.78 is 10.5. The molecule has 0 aromatic heterocycles. The standard InChI is InChI=1S/C18H22N2O4/c1-2-23-18(22)15-8-11-20(12-9-15)17(21)13-24-16-5-3-14(4-6-16)7-10-19/h3-6,15H,2,7-9,11-13H2,1H3. The van der Waals surface area contributed by atoms with Crippen LogP contribution in [0.15, 0.2) is 24.3 Å². The van der Waals surface area contributed by atoms with Crippen LogP contribution >= 0.6 is 0 Å². The SMILES string of the molecule is CCOC(=O)C1CCN(C(=O)COc2ccc(CC#N)cc2)CC1. The molecule has 128 valence electrons. The summed E-state index contributed by atoms with van der Waals surface area (Å²) in [7, 11) is 0. The second kappa shape index (κ2) is 8.92. The predicted octanol–water partition coefficient (Wildman–Crippen LogP) is 1.93. The number of carbonyl (C=O) groups excluding carboxylic acids is 2. The van der Waals surface area contributed by atoms with Crippen molar-refractivity contribution in [2.45, 2.75) is 26.2 Å². The monoisotopic (exact) mass is 330 g/mol. The van der Waals surface area contributed by atoms with Crippen LogP contribution in [0.2, 0.25) is 0 Å². The summed E-state index contributed by atoms with van der Waals surface area (Å²) in [6.07, 6.45) is 1.62. The highest BCUT2D eigenvalue weighted by Crippen LogP contribution is 2.19. The van der Waals surface area contributed by atoms with Gasteiger partial charge in [0, 0.05) is 13.1 Å². The van der Waals surface area contributed by atoms with Gasteiger partial charge in [-0.1, -0.05) is 12.1 Å². The maximum absolute atomic E-state index is 12.2. The zero-order valence-electron chi connectivity index (χ0n) is 13.9. The Morgan fingerprint density at radius 3 is 2.50 bits per heavy atom. The van der Waals surface area contributed by atoms with E-state index in [1.807, 2.05) is 12.1 Å². The minimum absolute atomic E-state index is 0.0261. The van der Waals surface area contributed by atoms with E-state index >= 15 is 0 Å². The number of rotatable bonds is 6. The van der Waals surface area contributed by atoms with Crippen LogP contribution in [0.1, 0.15) is 25.3 Å². The van der Waals surface area contributed by atoms with E-state index in [1.54, 1.807) is 24.0 Å². The number of likely N-dealkylation sites (tertiary alicyclic amines) is 1. The molecule has 1 fully saturated rings. The molecule has 0 radical (unpaired) electrons. The lowest BCUT2D eigenvalue weighted by atomic mass is 9.97. The average Bonchev–Trinajstić information content (AvgIpc) is 2.61. The molecule has 0 atom stereocenters. The Morgan fingerprint density at radius 1 is 1.25 bits per heavy atom. The third-order valence-electron chi connectivity index (χ3n) is 4.04. The fourth-order valence-electron chi connectivity index (χ4n) is 2.66. The molecule has 0 N–H and O–H groups in total. The number of amides is 1. The molecule has 6 nitrogen and oxygen atoms in total. The van der Waals surface area contributed by atoms with Gasteiger partial charge in [0.1, 0.15) is 5.75 Å². The lowest BCUT2D eigenvalue weighted by Crippen LogP contribution is -2.42. The van der Waals surface area contributed by atoms with Crippen LogP contribution in [0, 0.1) is 17.2 Å². The van der Waals surface area contributed by atoms with Crippen LogP contribution in [0.4, 0.5) is 0 Å². The fourth-order valence-corrected chi connectivity index (χ4v) is 2.66. The maximum atomic E-state index is 12.2. The number of ether oxygens (including phenoxy) is 2. The molecule has 0 spiro atoms. The predicted molar refractivity (Wildman–Crippen MR) is 87.2 cm³/mol. The Kier molecular flexibility index (Phi) is 6.62. The van der Waals surface area contributed by atoms with Crippen molar-refractivity contribution in [3.8, 4) is 11.8 Å². The topological polar surface area (TPSA) is 79.6 Å². The van der Waals surface area contributed by atoms with E-state index in [9.17, 15) is 9.59 Å². The molecule has 1 saturated heterocycles. The summed E-state index contributed by atoms with van der Waals surface area (Å²) >= 11 is 0. The van der Waals surface area contributed by atoms with Gasteiger partial charge < -0.3 is 14.4 Å². The lowest BCUT2D eigenvalue weighted by Gasteiger charge is -2.30. The summed E-state index contributed by atoms with van der Waals surface area (Å²) in [6, 6.07) is 9.22. The highest BCUT2D eigenvalue weighted by Gasteiger charge is 2.28. The van der Waals surface area contributed by atoms with Crippen molar-refractivity contribution in [2.75, 3.05) is 26.3 Å². The summed E-state index contributed by atoms with van der Waals surface area (Å²) in [5.74, 6) is 0.241. The van der Waals surface area contributed by atoms with Crippen LogP contribution in [0.25, 0.3) is 0 Å². The summed E-state index contributed by atoms with van der Waals surface area (Å²) in [5.41, 5.74) is 0.914. The van der Waals surface area contributed by atoms with Gasteiger partial charge >= 0.3 is 5.97 Å². The summed E-state index contributed by atoms with van der Waals surface area (Å²) in [6.45, 7) is 3.25. The van der Waals surface area contributed by atoms with Gasteiger partial charge in [-0.15, -0.1) is 0 Å². The first kappa shape index (κ1) is 17.8. The molecule has 0 saturated carbocycles. The van der Waals surface area contributed by atoms with Crippen molar-refractivity contribution in [1.29, 1.82) is 5.26 Å². The molecule has 2 rings (SSSR count). The molecule has 0 unspecified atom stereocenters. The molecule has 6 heteroatoms. The number of benzene rings is 1. The molecule has 0 aliphatic carbocycles. The van der Waals surface area contributed by atoms with Crippen molar-refractivity contribution in [1.82, 2.24) is 4.90 Å². The number of carbonyl (C=O) groups is 2. The maximum Gasteiger partial charge on any atom is 0.309 e. The lowest BCUT2D eigenvalue weighted by molar-refractivity contribution is -0.151. The van der Waals surface area contributed by atoms with Crippen LogP contribution in [-0.4, -0.2) is 43.1 Å². The highest BCUT2D eigenvalue weighted by atomic mass is 16.5. The Balaban J connectivity index is 1.75. The normalized spacial score (nSPS) is 14.8. The van der Waals surface area contributed by atoms with Crippen molar-refractivity contribution in [3.05, 3.63) is 29.8 Å². The van der Waals surface area contributed by atoms with Crippen LogP contribution < -0.4 is 4.74 Å². The van der Waals surface area contributed by atoms with Crippen molar-refractivity contribution >= 4 is 11.9 Å². The minimum atomic E-state index is -0.168. The first-order valence-corrected chi connectivity index (χ1v) is 8.17. The smallest absolute Gasteiger partial charge is 0.309 e. The molecular weight excluding hydrogens is 308 g/mol. The minimum Gasteiger partial charge on any atom is -0.484 e. The van der Waals surface area contributed by atoms with Gasteiger partial charge in [0.05, 0.1) is 25.0 Å². The van der Waals surface area contributed by atoms with Crippen molar-refractivity contribution < 1.29 is 19.1 Å². The average molecular weight is 330 g/mol. The van der Waals surface area contributed by atoms with E-state index in [2.05, 4.69) is 6.07 Å². The van der Waals surface area contributed by atoms with E-state index in [0.29, 0.717) is 44.7 Å². The first-order chi connectivity index (χ1) is 11.6. The molecular formula is C18H22N2O4. The largest absolute Gasteiger partial charge is 0.484 e. The number of hydrogen-bond acceptors (Lipinski definition) is 5. The molecule has 1 aromatic rings. The first-order valence-electron chi connectivity index (χ1n) is 8.17. The van der Waals surface area contributed by atoms with E-state index in [-0.39, 0.29) is 24.4 Å². The van der Waals surface area contributed by atoms with Crippen LogP contribution in [0.3, 0.4) is 0 Å². The summed E-state index contributed by atoms with van der Waals surface area (Å²) in [5, 5.41) is 8.63.